The molecule has 0 aliphatic rings. The Hall–Kier alpha value is -0.860. The minimum Gasteiger partial charge on any atom is -0.387 e. The second-order valence-electron chi connectivity index (χ2n) is 3.57. The number of aliphatic hydroxyl groups is 1. The molecule has 1 aromatic carbocycles. The molecule has 0 unspecified atom stereocenters. The minimum atomic E-state index is -0.527. The van der Waals surface area contributed by atoms with Crippen LogP contribution in [-0.4, -0.2) is 11.7 Å². The van der Waals surface area contributed by atoms with Gasteiger partial charge in [0.15, 0.2) is 0 Å². The van der Waals surface area contributed by atoms with Crippen LogP contribution in [0.25, 0.3) is 0 Å². The van der Waals surface area contributed by atoms with E-state index in [1.807, 2.05) is 24.3 Å². The lowest BCUT2D eigenvalue weighted by atomic mass is 10.00. The summed E-state index contributed by atoms with van der Waals surface area (Å²) in [5, 5.41) is 9.43. The van der Waals surface area contributed by atoms with E-state index in [1.165, 1.54) is 5.56 Å². The fourth-order valence-electron chi connectivity index (χ4n) is 1.24. The molecule has 0 bridgehead atoms. The maximum atomic E-state index is 9.43. The molecule has 0 aliphatic heterocycles. The Morgan fingerprint density at radius 1 is 1.15 bits per heavy atom. The molecule has 0 saturated heterocycles. The van der Waals surface area contributed by atoms with Crippen LogP contribution in [0.4, 0.5) is 0 Å². The standard InChI is InChI=1S/C11H17NO/c1-8(2)9-3-5-10(6-4-9)11(13)7-12/h3-6,8,11,13H,7,12H2,1-2H3/t11-/m1/s1. The van der Waals surface area contributed by atoms with Crippen molar-refractivity contribution < 1.29 is 5.11 Å². The summed E-state index contributed by atoms with van der Waals surface area (Å²) in [7, 11) is 0. The lowest BCUT2D eigenvalue weighted by Crippen LogP contribution is -2.11. The number of rotatable bonds is 3. The van der Waals surface area contributed by atoms with Gasteiger partial charge >= 0.3 is 0 Å². The van der Waals surface area contributed by atoms with Crippen LogP contribution < -0.4 is 5.73 Å². The first kappa shape index (κ1) is 10.2. The van der Waals surface area contributed by atoms with E-state index in [0.717, 1.165) is 5.56 Å². The molecule has 0 aromatic heterocycles. The smallest absolute Gasteiger partial charge is 0.0912 e. The molecule has 72 valence electrons. The third-order valence-electron chi connectivity index (χ3n) is 2.21. The average Bonchev–Trinajstić information content (AvgIpc) is 2.17. The number of hydrogen-bond donors (Lipinski definition) is 2. The molecule has 3 N–H and O–H groups in total. The highest BCUT2D eigenvalue weighted by Gasteiger charge is 2.05. The van der Waals surface area contributed by atoms with Crippen LogP contribution in [0.15, 0.2) is 24.3 Å². The highest BCUT2D eigenvalue weighted by Crippen LogP contribution is 2.17. The predicted molar refractivity (Wildman–Crippen MR) is 54.5 cm³/mol. The number of aliphatic hydroxyl groups excluding tert-OH is 1. The highest BCUT2D eigenvalue weighted by atomic mass is 16.3. The lowest BCUT2D eigenvalue weighted by molar-refractivity contribution is 0.186. The van der Waals surface area contributed by atoms with E-state index in [0.29, 0.717) is 5.92 Å². The summed E-state index contributed by atoms with van der Waals surface area (Å²) in [6.07, 6.45) is -0.527. The third kappa shape index (κ3) is 2.54. The number of nitrogens with two attached hydrogens (primary N) is 1. The summed E-state index contributed by atoms with van der Waals surface area (Å²) in [5.74, 6) is 0.532. The molecule has 0 aliphatic carbocycles. The van der Waals surface area contributed by atoms with Gasteiger partial charge in [-0.25, -0.2) is 0 Å². The summed E-state index contributed by atoms with van der Waals surface area (Å²) in [6.45, 7) is 4.57. The van der Waals surface area contributed by atoms with E-state index in [4.69, 9.17) is 5.73 Å². The van der Waals surface area contributed by atoms with Gasteiger partial charge in [0.2, 0.25) is 0 Å². The highest BCUT2D eigenvalue weighted by molar-refractivity contribution is 5.26. The first-order valence-electron chi connectivity index (χ1n) is 4.63. The van der Waals surface area contributed by atoms with Gasteiger partial charge in [0.1, 0.15) is 0 Å². The average molecular weight is 179 g/mol. The lowest BCUT2D eigenvalue weighted by Gasteiger charge is -2.10. The molecular formula is C11H17NO. The molecule has 13 heavy (non-hydrogen) atoms. The largest absolute Gasteiger partial charge is 0.387 e. The Morgan fingerprint density at radius 3 is 2.00 bits per heavy atom. The van der Waals surface area contributed by atoms with Crippen LogP contribution in [-0.2, 0) is 0 Å². The van der Waals surface area contributed by atoms with Crippen LogP contribution in [0.3, 0.4) is 0 Å². The molecule has 0 spiro atoms. The topological polar surface area (TPSA) is 46.2 Å². The summed E-state index contributed by atoms with van der Waals surface area (Å²) in [4.78, 5) is 0. The summed E-state index contributed by atoms with van der Waals surface area (Å²) in [6, 6.07) is 7.96. The summed E-state index contributed by atoms with van der Waals surface area (Å²) in [5.41, 5.74) is 7.53. The second-order valence-corrected chi connectivity index (χ2v) is 3.57. The van der Waals surface area contributed by atoms with Gasteiger partial charge in [-0.1, -0.05) is 38.1 Å². The van der Waals surface area contributed by atoms with Crippen molar-refractivity contribution in [2.24, 2.45) is 5.73 Å². The Bertz CT molecular complexity index is 253. The fourth-order valence-corrected chi connectivity index (χ4v) is 1.24. The van der Waals surface area contributed by atoms with Crippen molar-refractivity contribution in [1.29, 1.82) is 0 Å². The van der Waals surface area contributed by atoms with Crippen molar-refractivity contribution in [1.82, 2.24) is 0 Å². The number of benzene rings is 1. The minimum absolute atomic E-state index is 0.279. The van der Waals surface area contributed by atoms with E-state index in [-0.39, 0.29) is 6.54 Å². The van der Waals surface area contributed by atoms with Crippen molar-refractivity contribution in [2.75, 3.05) is 6.54 Å². The van der Waals surface area contributed by atoms with Crippen molar-refractivity contribution in [3.05, 3.63) is 35.4 Å². The van der Waals surface area contributed by atoms with Gasteiger partial charge in [0.05, 0.1) is 6.10 Å². The van der Waals surface area contributed by atoms with Gasteiger partial charge in [-0.05, 0) is 17.0 Å². The number of hydrogen-bond acceptors (Lipinski definition) is 2. The van der Waals surface area contributed by atoms with E-state index >= 15 is 0 Å². The molecule has 1 rings (SSSR count). The third-order valence-corrected chi connectivity index (χ3v) is 2.21. The molecule has 0 radical (unpaired) electrons. The molecule has 0 heterocycles. The van der Waals surface area contributed by atoms with Gasteiger partial charge < -0.3 is 10.8 Å². The fraction of sp³-hybridized carbons (Fsp3) is 0.455. The van der Waals surface area contributed by atoms with Crippen LogP contribution >= 0.6 is 0 Å². The second kappa shape index (κ2) is 4.40. The van der Waals surface area contributed by atoms with E-state index in [2.05, 4.69) is 13.8 Å². The van der Waals surface area contributed by atoms with Crippen LogP contribution in [0.5, 0.6) is 0 Å². The van der Waals surface area contributed by atoms with Crippen molar-refractivity contribution in [3.8, 4) is 0 Å². The SMILES string of the molecule is CC(C)c1ccc([C@H](O)CN)cc1. The zero-order chi connectivity index (χ0) is 9.84. The predicted octanol–water partition coefficient (Wildman–Crippen LogP) is 1.80. The van der Waals surface area contributed by atoms with Crippen LogP contribution in [0, 0.1) is 0 Å². The van der Waals surface area contributed by atoms with Crippen molar-refractivity contribution in [2.45, 2.75) is 25.9 Å². The van der Waals surface area contributed by atoms with Gasteiger partial charge in [0, 0.05) is 6.54 Å². The molecule has 1 atom stereocenters. The quantitative estimate of drug-likeness (QED) is 0.743. The van der Waals surface area contributed by atoms with E-state index in [1.54, 1.807) is 0 Å². The molecule has 2 nitrogen and oxygen atoms in total. The molecule has 1 aromatic rings. The summed E-state index contributed by atoms with van der Waals surface area (Å²) < 4.78 is 0. The van der Waals surface area contributed by atoms with Gasteiger partial charge in [0.25, 0.3) is 0 Å². The Labute approximate surface area is 79.4 Å². The monoisotopic (exact) mass is 179 g/mol. The molecule has 0 amide bonds. The molecular weight excluding hydrogens is 162 g/mol. The first-order chi connectivity index (χ1) is 6.15. The van der Waals surface area contributed by atoms with Crippen molar-refractivity contribution >= 4 is 0 Å². The Morgan fingerprint density at radius 2 is 1.62 bits per heavy atom. The zero-order valence-corrected chi connectivity index (χ0v) is 8.20. The van der Waals surface area contributed by atoms with Crippen LogP contribution in [0.2, 0.25) is 0 Å². The molecule has 2 heteroatoms. The van der Waals surface area contributed by atoms with Gasteiger partial charge in [-0.15, -0.1) is 0 Å². The van der Waals surface area contributed by atoms with Crippen LogP contribution in [0.1, 0.15) is 37.0 Å². The summed E-state index contributed by atoms with van der Waals surface area (Å²) >= 11 is 0. The van der Waals surface area contributed by atoms with Gasteiger partial charge in [-0.3, -0.25) is 0 Å². The maximum Gasteiger partial charge on any atom is 0.0912 e. The van der Waals surface area contributed by atoms with E-state index in [9.17, 15) is 5.11 Å². The van der Waals surface area contributed by atoms with Crippen molar-refractivity contribution in [3.63, 3.8) is 0 Å². The zero-order valence-electron chi connectivity index (χ0n) is 8.20. The van der Waals surface area contributed by atoms with Gasteiger partial charge in [-0.2, -0.15) is 0 Å². The Balaban J connectivity index is 2.81. The first-order valence-corrected chi connectivity index (χ1v) is 4.63. The Kier molecular flexibility index (Phi) is 3.46. The maximum absolute atomic E-state index is 9.43. The molecule has 0 fully saturated rings. The normalized spacial score (nSPS) is 13.3. The van der Waals surface area contributed by atoms with E-state index < -0.39 is 6.10 Å². The molecule has 0 saturated carbocycles.